The lowest BCUT2D eigenvalue weighted by Crippen LogP contribution is -2.10. The van der Waals surface area contributed by atoms with Gasteiger partial charge in [-0.25, -0.2) is 0 Å². The van der Waals surface area contributed by atoms with Gasteiger partial charge in [0.15, 0.2) is 5.43 Å². The second-order valence-corrected chi connectivity index (χ2v) is 4.11. The van der Waals surface area contributed by atoms with E-state index in [-0.39, 0.29) is 5.43 Å². The number of nitrogens with zero attached hydrogens (tertiary/aromatic N) is 1. The van der Waals surface area contributed by atoms with Crippen LogP contribution in [0, 0.1) is 20.8 Å². The highest BCUT2D eigenvalue weighted by molar-refractivity contribution is 5.83. The van der Waals surface area contributed by atoms with Crippen molar-refractivity contribution in [1.29, 1.82) is 0 Å². The molecule has 0 saturated heterocycles. The molecule has 15 heavy (non-hydrogen) atoms. The van der Waals surface area contributed by atoms with Crippen LogP contribution < -0.4 is 5.43 Å². The van der Waals surface area contributed by atoms with E-state index >= 15 is 0 Å². The van der Waals surface area contributed by atoms with E-state index in [0.717, 1.165) is 16.6 Å². The summed E-state index contributed by atoms with van der Waals surface area (Å²) in [4.78, 5) is 11.8. The Morgan fingerprint density at radius 3 is 2.47 bits per heavy atom. The summed E-state index contributed by atoms with van der Waals surface area (Å²) in [5.41, 5.74) is 4.59. The molecule has 1 aromatic carbocycles. The summed E-state index contributed by atoms with van der Waals surface area (Å²) in [7, 11) is 2.00. The predicted octanol–water partition coefficient (Wildman–Crippen LogP) is 2.46. The highest BCUT2D eigenvalue weighted by atomic mass is 16.1. The van der Waals surface area contributed by atoms with Crippen molar-refractivity contribution in [3.05, 3.63) is 45.2 Å². The Balaban J connectivity index is 3.11. The summed E-state index contributed by atoms with van der Waals surface area (Å²) in [6, 6.07) is 5.62. The van der Waals surface area contributed by atoms with Crippen LogP contribution >= 0.6 is 0 Å². The van der Waals surface area contributed by atoms with Gasteiger partial charge in [0.2, 0.25) is 0 Å². The Bertz CT molecular complexity index is 585. The van der Waals surface area contributed by atoms with Crippen molar-refractivity contribution in [2.24, 2.45) is 7.05 Å². The summed E-state index contributed by atoms with van der Waals surface area (Å²) in [6.45, 7) is 6.10. The Labute approximate surface area is 89.2 Å². The van der Waals surface area contributed by atoms with Crippen molar-refractivity contribution in [2.75, 3.05) is 0 Å². The topological polar surface area (TPSA) is 22.0 Å². The molecule has 2 heteroatoms. The predicted molar refractivity (Wildman–Crippen MR) is 63.4 cm³/mol. The zero-order valence-electron chi connectivity index (χ0n) is 9.59. The van der Waals surface area contributed by atoms with E-state index in [1.165, 1.54) is 11.1 Å². The molecule has 0 saturated carbocycles. The van der Waals surface area contributed by atoms with Gasteiger partial charge in [-0.05, 0) is 38.0 Å². The highest BCUT2D eigenvalue weighted by Crippen LogP contribution is 2.19. The summed E-state index contributed by atoms with van der Waals surface area (Å²) >= 11 is 0. The van der Waals surface area contributed by atoms with Crippen LogP contribution in [-0.2, 0) is 7.05 Å². The Kier molecular flexibility index (Phi) is 2.14. The second-order valence-electron chi connectivity index (χ2n) is 4.11. The largest absolute Gasteiger partial charge is 0.348 e. The molecular weight excluding hydrogens is 186 g/mol. The molecule has 0 unspecified atom stereocenters. The van der Waals surface area contributed by atoms with Crippen LogP contribution in [0.4, 0.5) is 0 Å². The number of fused-ring (bicyclic) bond motifs is 1. The zero-order chi connectivity index (χ0) is 11.2. The molecule has 0 fully saturated rings. The standard InChI is InChI=1S/C13H15NO/c1-8-5-6-11-12(15)7-9(2)14(4)13(11)10(8)3/h5-7H,1-4H3. The van der Waals surface area contributed by atoms with Gasteiger partial charge < -0.3 is 4.57 Å². The van der Waals surface area contributed by atoms with Gasteiger partial charge in [0.1, 0.15) is 0 Å². The zero-order valence-corrected chi connectivity index (χ0v) is 9.59. The van der Waals surface area contributed by atoms with Crippen molar-refractivity contribution in [2.45, 2.75) is 20.8 Å². The monoisotopic (exact) mass is 201 g/mol. The third kappa shape index (κ3) is 1.37. The Morgan fingerprint density at radius 1 is 1.13 bits per heavy atom. The fourth-order valence-corrected chi connectivity index (χ4v) is 1.97. The van der Waals surface area contributed by atoms with E-state index in [2.05, 4.69) is 18.4 Å². The van der Waals surface area contributed by atoms with Crippen molar-refractivity contribution < 1.29 is 0 Å². The molecule has 2 nitrogen and oxygen atoms in total. The smallest absolute Gasteiger partial charge is 0.189 e. The van der Waals surface area contributed by atoms with Crippen LogP contribution in [0.2, 0.25) is 0 Å². The van der Waals surface area contributed by atoms with Crippen molar-refractivity contribution in [3.8, 4) is 0 Å². The maximum Gasteiger partial charge on any atom is 0.189 e. The second kappa shape index (κ2) is 3.23. The van der Waals surface area contributed by atoms with Gasteiger partial charge in [0.05, 0.1) is 5.52 Å². The first-order valence-corrected chi connectivity index (χ1v) is 5.09. The van der Waals surface area contributed by atoms with Crippen LogP contribution in [0.5, 0.6) is 0 Å². The summed E-state index contributed by atoms with van der Waals surface area (Å²) in [6.07, 6.45) is 0. The fraction of sp³-hybridized carbons (Fsp3) is 0.308. The highest BCUT2D eigenvalue weighted by Gasteiger charge is 2.07. The normalized spacial score (nSPS) is 10.9. The molecule has 1 aromatic heterocycles. The summed E-state index contributed by atoms with van der Waals surface area (Å²) < 4.78 is 2.08. The molecule has 0 amide bonds. The maximum absolute atomic E-state index is 11.8. The third-order valence-electron chi connectivity index (χ3n) is 3.17. The SMILES string of the molecule is Cc1ccc2c(=O)cc(C)n(C)c2c1C. The minimum atomic E-state index is 0.115. The molecule has 0 aliphatic carbocycles. The Hall–Kier alpha value is -1.57. The van der Waals surface area contributed by atoms with Crippen LogP contribution in [0.3, 0.4) is 0 Å². The number of hydrogen-bond acceptors (Lipinski definition) is 1. The van der Waals surface area contributed by atoms with Crippen LogP contribution in [0.25, 0.3) is 10.9 Å². The minimum absolute atomic E-state index is 0.115. The van der Waals surface area contributed by atoms with E-state index < -0.39 is 0 Å². The average Bonchev–Trinajstić information content (AvgIpc) is 2.19. The first kappa shape index (κ1) is 9.97. The lowest BCUT2D eigenvalue weighted by Gasteiger charge is -2.12. The van der Waals surface area contributed by atoms with E-state index in [1.807, 2.05) is 26.1 Å². The Morgan fingerprint density at radius 2 is 1.80 bits per heavy atom. The lowest BCUT2D eigenvalue weighted by atomic mass is 10.0. The molecule has 2 aromatic rings. The number of benzene rings is 1. The van der Waals surface area contributed by atoms with E-state index in [1.54, 1.807) is 6.07 Å². The van der Waals surface area contributed by atoms with E-state index in [4.69, 9.17) is 0 Å². The summed E-state index contributed by atoms with van der Waals surface area (Å²) in [5.74, 6) is 0. The summed E-state index contributed by atoms with van der Waals surface area (Å²) in [5, 5.41) is 0.811. The number of aromatic nitrogens is 1. The quantitative estimate of drug-likeness (QED) is 0.641. The fourth-order valence-electron chi connectivity index (χ4n) is 1.97. The van der Waals surface area contributed by atoms with Gasteiger partial charge in [0.25, 0.3) is 0 Å². The molecule has 0 aliphatic rings. The molecule has 0 bridgehead atoms. The van der Waals surface area contributed by atoms with Crippen molar-refractivity contribution in [1.82, 2.24) is 4.57 Å². The molecule has 0 spiro atoms. The number of rotatable bonds is 0. The van der Waals surface area contributed by atoms with E-state index in [9.17, 15) is 4.79 Å². The molecule has 0 radical (unpaired) electrons. The molecule has 0 aliphatic heterocycles. The third-order valence-corrected chi connectivity index (χ3v) is 3.17. The van der Waals surface area contributed by atoms with Crippen LogP contribution in [0.1, 0.15) is 16.8 Å². The van der Waals surface area contributed by atoms with Crippen LogP contribution in [-0.4, -0.2) is 4.57 Å². The van der Waals surface area contributed by atoms with Gasteiger partial charge in [-0.2, -0.15) is 0 Å². The van der Waals surface area contributed by atoms with Crippen molar-refractivity contribution in [3.63, 3.8) is 0 Å². The van der Waals surface area contributed by atoms with Gasteiger partial charge in [-0.3, -0.25) is 4.79 Å². The molecule has 1 heterocycles. The number of hydrogen-bond donors (Lipinski definition) is 0. The van der Waals surface area contributed by atoms with Gasteiger partial charge >= 0.3 is 0 Å². The first-order valence-electron chi connectivity index (χ1n) is 5.09. The molecule has 0 N–H and O–H groups in total. The average molecular weight is 201 g/mol. The first-order chi connectivity index (χ1) is 7.02. The molecule has 0 atom stereocenters. The van der Waals surface area contributed by atoms with Gasteiger partial charge in [-0.1, -0.05) is 6.07 Å². The van der Waals surface area contributed by atoms with Gasteiger partial charge in [-0.15, -0.1) is 0 Å². The molecule has 2 rings (SSSR count). The molecule has 78 valence electrons. The lowest BCUT2D eigenvalue weighted by molar-refractivity contribution is 0.893. The van der Waals surface area contributed by atoms with Crippen LogP contribution in [0.15, 0.2) is 23.0 Å². The van der Waals surface area contributed by atoms with E-state index in [0.29, 0.717) is 0 Å². The number of aryl methyl sites for hydroxylation is 4. The van der Waals surface area contributed by atoms with Crippen molar-refractivity contribution >= 4 is 10.9 Å². The van der Waals surface area contributed by atoms with Gasteiger partial charge in [0, 0.05) is 24.2 Å². The minimum Gasteiger partial charge on any atom is -0.348 e. The maximum atomic E-state index is 11.8. The molecular formula is C13H15NO. The number of pyridine rings is 1.